The molecule has 0 spiro atoms. The third-order valence-corrected chi connectivity index (χ3v) is 4.05. The molecule has 1 aliphatic rings. The maximum Gasteiger partial charge on any atom is 0.310 e. The number of rotatable bonds is 2. The highest BCUT2D eigenvalue weighted by atomic mass is 16.5. The van der Waals surface area contributed by atoms with E-state index >= 15 is 0 Å². The van der Waals surface area contributed by atoms with Gasteiger partial charge < -0.3 is 9.52 Å². The fourth-order valence-corrected chi connectivity index (χ4v) is 2.87. The highest BCUT2D eigenvalue weighted by Gasteiger charge is 2.19. The van der Waals surface area contributed by atoms with Crippen LogP contribution in [0.3, 0.4) is 0 Å². The number of aryl methyl sites for hydroxylation is 1. The lowest BCUT2D eigenvalue weighted by atomic mass is 10.0. The van der Waals surface area contributed by atoms with E-state index in [4.69, 9.17) is 4.42 Å². The molecule has 0 amide bonds. The van der Waals surface area contributed by atoms with Crippen LogP contribution < -0.4 is 0 Å². The van der Waals surface area contributed by atoms with E-state index in [9.17, 15) is 5.11 Å². The molecular formula is C20H16N2O2. The van der Waals surface area contributed by atoms with Gasteiger partial charge in [0.15, 0.2) is 0 Å². The second kappa shape index (κ2) is 5.49. The van der Waals surface area contributed by atoms with Gasteiger partial charge in [0, 0.05) is 22.4 Å². The Hall–Kier alpha value is -3.14. The van der Waals surface area contributed by atoms with Crippen molar-refractivity contribution in [1.29, 1.82) is 0 Å². The van der Waals surface area contributed by atoms with Crippen molar-refractivity contribution >= 4 is 23.0 Å². The summed E-state index contributed by atoms with van der Waals surface area (Å²) in [5.41, 5.74) is 6.18. The van der Waals surface area contributed by atoms with E-state index in [0.29, 0.717) is 11.6 Å². The van der Waals surface area contributed by atoms with Crippen LogP contribution in [-0.2, 0) is 0 Å². The van der Waals surface area contributed by atoms with Gasteiger partial charge in [-0.25, -0.2) is 4.98 Å². The molecule has 1 N–H and O–H groups in total. The van der Waals surface area contributed by atoms with Crippen molar-refractivity contribution in [2.45, 2.75) is 13.8 Å². The van der Waals surface area contributed by atoms with Crippen molar-refractivity contribution in [3.05, 3.63) is 65.4 Å². The molecule has 24 heavy (non-hydrogen) atoms. The van der Waals surface area contributed by atoms with Gasteiger partial charge in [-0.05, 0) is 38.1 Å². The molecule has 118 valence electrons. The number of hydrogen-bond donors (Lipinski definition) is 1. The van der Waals surface area contributed by atoms with Gasteiger partial charge >= 0.3 is 5.95 Å². The van der Waals surface area contributed by atoms with Crippen molar-refractivity contribution in [2.24, 2.45) is 4.99 Å². The van der Waals surface area contributed by atoms with E-state index in [-0.39, 0.29) is 5.95 Å². The van der Waals surface area contributed by atoms with Crippen LogP contribution in [0.15, 0.2) is 57.9 Å². The minimum Gasteiger partial charge on any atom is -0.479 e. The summed E-state index contributed by atoms with van der Waals surface area (Å²) >= 11 is 0. The van der Waals surface area contributed by atoms with Crippen LogP contribution >= 0.6 is 0 Å². The number of hydrogen-bond acceptors (Lipinski definition) is 4. The Morgan fingerprint density at radius 3 is 2.71 bits per heavy atom. The smallest absolute Gasteiger partial charge is 0.310 e. The van der Waals surface area contributed by atoms with Crippen LogP contribution in [0.1, 0.15) is 23.7 Å². The third-order valence-electron chi connectivity index (χ3n) is 4.05. The number of fused-ring (bicyclic) bond motifs is 1. The fraction of sp³-hybridized carbons (Fsp3) is 0.100. The molecule has 3 aromatic rings. The zero-order valence-electron chi connectivity index (χ0n) is 13.4. The van der Waals surface area contributed by atoms with Crippen LogP contribution in [0.5, 0.6) is 5.95 Å². The van der Waals surface area contributed by atoms with Gasteiger partial charge in [-0.3, -0.25) is 4.99 Å². The summed E-state index contributed by atoms with van der Waals surface area (Å²) < 4.78 is 5.45. The van der Waals surface area contributed by atoms with Gasteiger partial charge in [0.2, 0.25) is 5.89 Å². The van der Waals surface area contributed by atoms with Crippen molar-refractivity contribution in [1.82, 2.24) is 4.98 Å². The molecule has 0 unspecified atom stereocenters. The molecule has 0 atom stereocenters. The standard InChI is InChI=1S/C20H16N2O2/c1-12-6-5-7-14(10-12)19-22-18(20(23)24-19)11-16-13(2)21-17-9-4-3-8-15(16)17/h3-11,23H,1-2H3/b16-11-. The van der Waals surface area contributed by atoms with Crippen LogP contribution in [0.4, 0.5) is 5.69 Å². The van der Waals surface area contributed by atoms with Crippen LogP contribution in [-0.4, -0.2) is 15.8 Å². The molecule has 2 aromatic carbocycles. The highest BCUT2D eigenvalue weighted by Crippen LogP contribution is 2.37. The van der Waals surface area contributed by atoms with E-state index in [1.54, 1.807) is 0 Å². The normalized spacial score (nSPS) is 14.8. The van der Waals surface area contributed by atoms with Gasteiger partial charge in [-0.2, -0.15) is 0 Å². The molecule has 1 aliphatic heterocycles. The second-order valence-electron chi connectivity index (χ2n) is 5.85. The lowest BCUT2D eigenvalue weighted by Gasteiger charge is -1.99. The zero-order chi connectivity index (χ0) is 16.7. The molecule has 0 radical (unpaired) electrons. The summed E-state index contributed by atoms with van der Waals surface area (Å²) in [6, 6.07) is 15.7. The molecule has 0 fully saturated rings. The lowest BCUT2D eigenvalue weighted by molar-refractivity contribution is 0.336. The Labute approximate surface area is 139 Å². The predicted molar refractivity (Wildman–Crippen MR) is 95.4 cm³/mol. The van der Waals surface area contributed by atoms with Crippen molar-refractivity contribution in [2.75, 3.05) is 0 Å². The summed E-state index contributed by atoms with van der Waals surface area (Å²) in [6.45, 7) is 3.95. The SMILES string of the molecule is CC1=Nc2ccccc2/C1=C\c1nc(-c2cccc(C)c2)oc1O. The van der Waals surface area contributed by atoms with E-state index in [2.05, 4.69) is 9.98 Å². The van der Waals surface area contributed by atoms with Gasteiger partial charge in [0.05, 0.1) is 5.69 Å². The number of aliphatic imine (C=N–C) groups is 1. The fourth-order valence-electron chi connectivity index (χ4n) is 2.87. The Kier molecular flexibility index (Phi) is 3.31. The second-order valence-corrected chi connectivity index (χ2v) is 5.85. The topological polar surface area (TPSA) is 58.6 Å². The monoisotopic (exact) mass is 316 g/mol. The minimum atomic E-state index is -0.184. The van der Waals surface area contributed by atoms with Crippen LogP contribution in [0.2, 0.25) is 0 Å². The molecule has 0 saturated heterocycles. The maximum atomic E-state index is 10.1. The van der Waals surface area contributed by atoms with E-state index in [0.717, 1.165) is 33.7 Å². The molecule has 0 saturated carbocycles. The Bertz CT molecular complexity index is 996. The molecule has 0 bridgehead atoms. The zero-order valence-corrected chi connectivity index (χ0v) is 13.4. The molecule has 4 heteroatoms. The van der Waals surface area contributed by atoms with Gasteiger partial charge in [0.1, 0.15) is 5.69 Å². The number of allylic oxidation sites excluding steroid dienone is 1. The minimum absolute atomic E-state index is 0.184. The van der Waals surface area contributed by atoms with Crippen molar-refractivity contribution in [3.8, 4) is 17.4 Å². The number of para-hydroxylation sites is 1. The summed E-state index contributed by atoms with van der Waals surface area (Å²) in [5, 5.41) is 10.1. The van der Waals surface area contributed by atoms with E-state index in [1.807, 2.05) is 68.5 Å². The highest BCUT2D eigenvalue weighted by molar-refractivity contribution is 6.31. The van der Waals surface area contributed by atoms with Gasteiger partial charge in [0.25, 0.3) is 0 Å². The molecule has 4 nitrogen and oxygen atoms in total. The van der Waals surface area contributed by atoms with Gasteiger partial charge in [-0.15, -0.1) is 0 Å². The molecule has 2 heterocycles. The Balaban J connectivity index is 1.78. The molecule has 0 aliphatic carbocycles. The average molecular weight is 316 g/mol. The summed E-state index contributed by atoms with van der Waals surface area (Å²) in [7, 11) is 0. The number of aromatic hydroxyl groups is 1. The predicted octanol–water partition coefficient (Wildman–Crippen LogP) is 5.00. The first-order valence-corrected chi connectivity index (χ1v) is 7.75. The van der Waals surface area contributed by atoms with Crippen molar-refractivity contribution < 1.29 is 9.52 Å². The first-order valence-electron chi connectivity index (χ1n) is 7.75. The first kappa shape index (κ1) is 14.5. The first-order chi connectivity index (χ1) is 11.6. The Morgan fingerprint density at radius 2 is 1.88 bits per heavy atom. The van der Waals surface area contributed by atoms with E-state index < -0.39 is 0 Å². The number of aromatic nitrogens is 1. The number of nitrogens with zero attached hydrogens (tertiary/aromatic N) is 2. The third kappa shape index (κ3) is 2.42. The Morgan fingerprint density at radius 1 is 1.04 bits per heavy atom. The molecule has 4 rings (SSSR count). The average Bonchev–Trinajstić information content (AvgIpc) is 3.09. The van der Waals surface area contributed by atoms with Crippen molar-refractivity contribution in [3.63, 3.8) is 0 Å². The van der Waals surface area contributed by atoms with Crippen LogP contribution in [0, 0.1) is 6.92 Å². The maximum absolute atomic E-state index is 10.1. The molecular weight excluding hydrogens is 300 g/mol. The number of oxazole rings is 1. The largest absolute Gasteiger partial charge is 0.479 e. The summed E-state index contributed by atoms with van der Waals surface area (Å²) in [4.78, 5) is 8.99. The molecule has 1 aromatic heterocycles. The van der Waals surface area contributed by atoms with Gasteiger partial charge in [-0.1, -0.05) is 35.9 Å². The van der Waals surface area contributed by atoms with E-state index in [1.165, 1.54) is 0 Å². The summed E-state index contributed by atoms with van der Waals surface area (Å²) in [6.07, 6.45) is 1.82. The lowest BCUT2D eigenvalue weighted by Crippen LogP contribution is -1.90. The number of benzene rings is 2. The quantitative estimate of drug-likeness (QED) is 0.723. The summed E-state index contributed by atoms with van der Waals surface area (Å²) in [5.74, 6) is 0.222. The van der Waals surface area contributed by atoms with Crippen LogP contribution in [0.25, 0.3) is 23.1 Å².